The minimum absolute atomic E-state index is 0.0294. The summed E-state index contributed by atoms with van der Waals surface area (Å²) in [6.45, 7) is 7.51. The van der Waals surface area contributed by atoms with Crippen LogP contribution in [0.1, 0.15) is 38.8 Å². The van der Waals surface area contributed by atoms with Crippen molar-refractivity contribution in [3.05, 3.63) is 40.6 Å². The summed E-state index contributed by atoms with van der Waals surface area (Å²) in [6, 6.07) is 2.41. The number of hydrogen-bond donors (Lipinski definition) is 1. The second-order valence-electron chi connectivity index (χ2n) is 6.70. The number of halogens is 4. The molecule has 1 aromatic rings. The van der Waals surface area contributed by atoms with Gasteiger partial charge in [0.1, 0.15) is 5.82 Å². The Balaban J connectivity index is 2.32. The zero-order valence-electron chi connectivity index (χ0n) is 13.9. The number of rotatable bonds is 3. The molecule has 0 bridgehead atoms. The topological polar surface area (TPSA) is 18.5 Å². The molecule has 0 spiro atoms. The van der Waals surface area contributed by atoms with Crippen LogP contribution in [0.4, 0.5) is 17.6 Å². The molecule has 0 unspecified atom stereocenters. The summed E-state index contributed by atoms with van der Waals surface area (Å²) in [4.78, 5) is 0. The zero-order valence-corrected chi connectivity index (χ0v) is 14.8. The van der Waals surface area contributed by atoms with E-state index in [0.29, 0.717) is 11.5 Å². The summed E-state index contributed by atoms with van der Waals surface area (Å²) in [5, 5.41) is 0. The number of thiol groups is 1. The van der Waals surface area contributed by atoms with E-state index in [1.807, 2.05) is 27.7 Å². The maximum absolute atomic E-state index is 14.0. The summed E-state index contributed by atoms with van der Waals surface area (Å²) in [7, 11) is -0.728. The molecule has 0 saturated carbocycles. The van der Waals surface area contributed by atoms with Crippen molar-refractivity contribution >= 4 is 25.8 Å². The third kappa shape index (κ3) is 3.81. The normalized spacial score (nSPS) is 20.5. The Kier molecular flexibility index (Phi) is 5.15. The van der Waals surface area contributed by atoms with Gasteiger partial charge in [-0.25, -0.2) is 4.39 Å². The Morgan fingerprint density at radius 1 is 1.17 bits per heavy atom. The van der Waals surface area contributed by atoms with E-state index in [2.05, 4.69) is 12.6 Å². The van der Waals surface area contributed by atoms with Crippen molar-refractivity contribution in [2.45, 2.75) is 45.1 Å². The zero-order chi connectivity index (χ0) is 18.3. The predicted molar refractivity (Wildman–Crippen MR) is 89.3 cm³/mol. The van der Waals surface area contributed by atoms with Gasteiger partial charge in [0.25, 0.3) is 0 Å². The van der Waals surface area contributed by atoms with Gasteiger partial charge >= 0.3 is 13.3 Å². The van der Waals surface area contributed by atoms with Crippen molar-refractivity contribution in [1.29, 1.82) is 0 Å². The van der Waals surface area contributed by atoms with E-state index >= 15 is 0 Å². The molecular weight excluding hydrogens is 343 g/mol. The molecule has 1 aliphatic rings. The second kappa shape index (κ2) is 6.39. The van der Waals surface area contributed by atoms with E-state index in [0.717, 1.165) is 12.1 Å². The first-order valence-electron chi connectivity index (χ1n) is 7.41. The average molecular weight is 362 g/mol. The molecule has 1 fully saturated rings. The standard InChI is InChI=1S/C16H19BF4O2S/c1-14(2)15(3,4)23-17(22-14)12(9-24)7-10-5-6-11(8-13(10)18)16(19,20)21/h5-8,24H,9H2,1-4H3. The van der Waals surface area contributed by atoms with Gasteiger partial charge in [0, 0.05) is 11.3 Å². The summed E-state index contributed by atoms with van der Waals surface area (Å²) < 4.78 is 63.6. The van der Waals surface area contributed by atoms with E-state index in [9.17, 15) is 17.6 Å². The Morgan fingerprint density at radius 2 is 1.71 bits per heavy atom. The molecule has 2 nitrogen and oxygen atoms in total. The van der Waals surface area contributed by atoms with Gasteiger partial charge in [-0.3, -0.25) is 0 Å². The van der Waals surface area contributed by atoms with Crippen LogP contribution in [0.5, 0.6) is 0 Å². The summed E-state index contributed by atoms with van der Waals surface area (Å²) in [6.07, 6.45) is -3.16. The quantitative estimate of drug-likeness (QED) is 0.474. The highest BCUT2D eigenvalue weighted by Gasteiger charge is 2.52. The molecule has 1 heterocycles. The lowest BCUT2D eigenvalue weighted by Crippen LogP contribution is -2.41. The molecular formula is C16H19BF4O2S. The highest BCUT2D eigenvalue weighted by Crippen LogP contribution is 2.39. The first kappa shape index (κ1) is 19.3. The average Bonchev–Trinajstić information content (AvgIpc) is 2.64. The van der Waals surface area contributed by atoms with Crippen molar-refractivity contribution in [2.24, 2.45) is 0 Å². The molecule has 0 N–H and O–H groups in total. The van der Waals surface area contributed by atoms with Gasteiger partial charge in [0.15, 0.2) is 0 Å². The predicted octanol–water partition coefficient (Wildman–Crippen LogP) is 4.79. The smallest absolute Gasteiger partial charge is 0.400 e. The highest BCUT2D eigenvalue weighted by atomic mass is 32.1. The molecule has 1 aliphatic heterocycles. The maximum atomic E-state index is 14.0. The third-order valence-electron chi connectivity index (χ3n) is 4.41. The van der Waals surface area contributed by atoms with Crippen LogP contribution in [0.2, 0.25) is 0 Å². The van der Waals surface area contributed by atoms with Crippen LogP contribution in [-0.4, -0.2) is 24.1 Å². The Labute approximate surface area is 144 Å². The number of alkyl halides is 3. The first-order chi connectivity index (χ1) is 10.9. The summed E-state index contributed by atoms with van der Waals surface area (Å²) >= 11 is 4.20. The molecule has 0 aromatic heterocycles. The van der Waals surface area contributed by atoms with Gasteiger partial charge in [0.2, 0.25) is 0 Å². The lowest BCUT2D eigenvalue weighted by Gasteiger charge is -2.32. The van der Waals surface area contributed by atoms with Crippen molar-refractivity contribution in [3.63, 3.8) is 0 Å². The molecule has 24 heavy (non-hydrogen) atoms. The van der Waals surface area contributed by atoms with Gasteiger partial charge in [-0.15, -0.1) is 0 Å². The lowest BCUT2D eigenvalue weighted by molar-refractivity contribution is -0.137. The van der Waals surface area contributed by atoms with Crippen molar-refractivity contribution in [2.75, 3.05) is 5.75 Å². The van der Waals surface area contributed by atoms with Crippen LogP contribution in [0.25, 0.3) is 6.08 Å². The van der Waals surface area contributed by atoms with Gasteiger partial charge in [0.05, 0.1) is 16.8 Å². The second-order valence-corrected chi connectivity index (χ2v) is 7.02. The van der Waals surface area contributed by atoms with E-state index in [4.69, 9.17) is 9.31 Å². The summed E-state index contributed by atoms with van der Waals surface area (Å²) in [5.74, 6) is -0.738. The van der Waals surface area contributed by atoms with Gasteiger partial charge < -0.3 is 9.31 Å². The molecule has 0 amide bonds. The molecule has 2 rings (SSSR count). The molecule has 0 aliphatic carbocycles. The van der Waals surface area contributed by atoms with Crippen LogP contribution in [-0.2, 0) is 15.5 Å². The Bertz CT molecular complexity index is 640. The van der Waals surface area contributed by atoms with Crippen LogP contribution < -0.4 is 0 Å². The van der Waals surface area contributed by atoms with Crippen LogP contribution in [0.3, 0.4) is 0 Å². The highest BCUT2D eigenvalue weighted by molar-refractivity contribution is 7.80. The van der Waals surface area contributed by atoms with E-state index in [-0.39, 0.29) is 11.3 Å². The van der Waals surface area contributed by atoms with Gasteiger partial charge in [-0.2, -0.15) is 25.8 Å². The van der Waals surface area contributed by atoms with Crippen LogP contribution in [0, 0.1) is 5.82 Å². The van der Waals surface area contributed by atoms with Crippen LogP contribution in [0.15, 0.2) is 23.7 Å². The minimum atomic E-state index is -4.58. The van der Waals surface area contributed by atoms with Crippen LogP contribution >= 0.6 is 12.6 Å². The summed E-state index contributed by atoms with van der Waals surface area (Å²) in [5.41, 5.74) is -1.60. The Morgan fingerprint density at radius 3 is 2.12 bits per heavy atom. The maximum Gasteiger partial charge on any atom is 0.491 e. The van der Waals surface area contributed by atoms with Gasteiger partial charge in [-0.1, -0.05) is 12.1 Å². The molecule has 132 valence electrons. The van der Waals surface area contributed by atoms with Crippen molar-refractivity contribution < 1.29 is 26.9 Å². The monoisotopic (exact) mass is 362 g/mol. The SMILES string of the molecule is CC1(C)OB(C(=Cc2ccc(C(F)(F)F)cc2F)CS)OC1(C)C. The fourth-order valence-electron chi connectivity index (χ4n) is 2.20. The molecule has 8 heteroatoms. The first-order valence-corrected chi connectivity index (χ1v) is 8.04. The third-order valence-corrected chi connectivity index (χ3v) is 4.77. The molecule has 0 atom stereocenters. The van der Waals surface area contributed by atoms with Gasteiger partial charge in [-0.05, 0) is 45.3 Å². The number of benzene rings is 1. The number of hydrogen-bond acceptors (Lipinski definition) is 3. The fraction of sp³-hybridized carbons (Fsp3) is 0.500. The largest absolute Gasteiger partial charge is 0.491 e. The lowest BCUT2D eigenvalue weighted by atomic mass is 9.78. The Hall–Kier alpha value is -0.985. The van der Waals surface area contributed by atoms with E-state index < -0.39 is 35.9 Å². The molecule has 1 saturated heterocycles. The van der Waals surface area contributed by atoms with E-state index in [1.54, 1.807) is 0 Å². The van der Waals surface area contributed by atoms with E-state index in [1.165, 1.54) is 6.08 Å². The van der Waals surface area contributed by atoms with Crippen molar-refractivity contribution in [3.8, 4) is 0 Å². The van der Waals surface area contributed by atoms with Crippen molar-refractivity contribution in [1.82, 2.24) is 0 Å². The molecule has 0 radical (unpaired) electrons. The minimum Gasteiger partial charge on any atom is -0.400 e. The molecule has 1 aromatic carbocycles. The fourth-order valence-corrected chi connectivity index (χ4v) is 2.44.